The van der Waals surface area contributed by atoms with Gasteiger partial charge in [0.25, 0.3) is 0 Å². The van der Waals surface area contributed by atoms with Crippen molar-refractivity contribution in [2.75, 3.05) is 0 Å². The highest BCUT2D eigenvalue weighted by Crippen LogP contribution is 2.51. The van der Waals surface area contributed by atoms with Crippen molar-refractivity contribution in [2.45, 2.75) is 47.0 Å². The maximum absolute atomic E-state index is 4.15. The normalized spacial score (nSPS) is 28.2. The predicted octanol–water partition coefficient (Wildman–Crippen LogP) is 4.89. The van der Waals surface area contributed by atoms with Crippen LogP contribution < -0.4 is 0 Å². The fourth-order valence-electron chi connectivity index (χ4n) is 3.94. The van der Waals surface area contributed by atoms with Crippen LogP contribution in [0.1, 0.15) is 47.0 Å². The minimum absolute atomic E-state index is 0.468. The van der Waals surface area contributed by atoms with E-state index in [1.165, 1.54) is 30.4 Å². The SMILES string of the molecule is C=C1C=CC=C1C1CC(C)(C)CC(C)(C)C1. The summed E-state index contributed by atoms with van der Waals surface area (Å²) in [7, 11) is 0. The van der Waals surface area contributed by atoms with Crippen molar-refractivity contribution in [3.05, 3.63) is 36.0 Å². The first-order chi connectivity index (χ1) is 7.29. The third-order valence-electron chi connectivity index (χ3n) is 3.94. The minimum atomic E-state index is 0.468. The highest BCUT2D eigenvalue weighted by atomic mass is 14.4. The molecule has 16 heavy (non-hydrogen) atoms. The number of allylic oxidation sites excluding steroid dienone is 5. The summed E-state index contributed by atoms with van der Waals surface area (Å²) in [6, 6.07) is 0. The van der Waals surface area contributed by atoms with Crippen LogP contribution >= 0.6 is 0 Å². The van der Waals surface area contributed by atoms with Gasteiger partial charge in [-0.2, -0.15) is 0 Å². The Morgan fingerprint density at radius 2 is 1.69 bits per heavy atom. The van der Waals surface area contributed by atoms with Gasteiger partial charge < -0.3 is 0 Å². The first kappa shape index (κ1) is 11.7. The Kier molecular flexibility index (Phi) is 2.64. The molecule has 0 heterocycles. The summed E-state index contributed by atoms with van der Waals surface area (Å²) in [6.07, 6.45) is 10.5. The molecule has 0 atom stereocenters. The average Bonchev–Trinajstić information content (AvgIpc) is 2.45. The standard InChI is InChI=1S/C16H24/c1-12-7-6-8-14(12)13-9-15(2,3)11-16(4,5)10-13/h6-8,13H,1,9-11H2,2-5H3. The largest absolute Gasteiger partial charge is 0.0915 e. The average molecular weight is 216 g/mol. The second kappa shape index (κ2) is 3.61. The van der Waals surface area contributed by atoms with Crippen molar-refractivity contribution in [2.24, 2.45) is 16.7 Å². The van der Waals surface area contributed by atoms with E-state index >= 15 is 0 Å². The molecule has 0 unspecified atom stereocenters. The number of hydrogen-bond acceptors (Lipinski definition) is 0. The van der Waals surface area contributed by atoms with Gasteiger partial charge in [-0.1, -0.05) is 52.5 Å². The predicted molar refractivity (Wildman–Crippen MR) is 71.3 cm³/mol. The molecule has 0 N–H and O–H groups in total. The van der Waals surface area contributed by atoms with Gasteiger partial charge in [0.1, 0.15) is 0 Å². The zero-order valence-corrected chi connectivity index (χ0v) is 11.1. The maximum Gasteiger partial charge on any atom is -0.0146 e. The summed E-state index contributed by atoms with van der Waals surface area (Å²) in [5.74, 6) is 0.709. The van der Waals surface area contributed by atoms with Crippen LogP contribution in [0.4, 0.5) is 0 Å². The van der Waals surface area contributed by atoms with Gasteiger partial charge in [0.15, 0.2) is 0 Å². The van der Waals surface area contributed by atoms with Crippen LogP contribution in [0.2, 0.25) is 0 Å². The lowest BCUT2D eigenvalue weighted by atomic mass is 9.60. The van der Waals surface area contributed by atoms with Crippen LogP contribution in [0.25, 0.3) is 0 Å². The molecule has 0 saturated heterocycles. The first-order valence-corrected chi connectivity index (χ1v) is 6.37. The summed E-state index contributed by atoms with van der Waals surface area (Å²) in [6.45, 7) is 13.8. The first-order valence-electron chi connectivity index (χ1n) is 6.37. The van der Waals surface area contributed by atoms with E-state index in [1.54, 1.807) is 0 Å². The molecule has 1 saturated carbocycles. The zero-order chi connectivity index (χ0) is 12.0. The summed E-state index contributed by atoms with van der Waals surface area (Å²) in [5.41, 5.74) is 3.66. The van der Waals surface area contributed by atoms with Gasteiger partial charge in [0.05, 0.1) is 0 Å². The zero-order valence-electron chi connectivity index (χ0n) is 11.1. The van der Waals surface area contributed by atoms with Crippen LogP contribution in [0.15, 0.2) is 36.0 Å². The lowest BCUT2D eigenvalue weighted by Crippen LogP contribution is -2.34. The van der Waals surface area contributed by atoms with E-state index in [-0.39, 0.29) is 0 Å². The van der Waals surface area contributed by atoms with Crippen molar-refractivity contribution in [1.29, 1.82) is 0 Å². The van der Waals surface area contributed by atoms with Crippen molar-refractivity contribution in [3.63, 3.8) is 0 Å². The fourth-order valence-corrected chi connectivity index (χ4v) is 3.94. The van der Waals surface area contributed by atoms with Crippen molar-refractivity contribution in [3.8, 4) is 0 Å². The van der Waals surface area contributed by atoms with Crippen LogP contribution in [0.3, 0.4) is 0 Å². The van der Waals surface area contributed by atoms with Crippen LogP contribution in [-0.4, -0.2) is 0 Å². The fraction of sp³-hybridized carbons (Fsp3) is 0.625. The molecule has 2 aliphatic carbocycles. The summed E-state index contributed by atoms with van der Waals surface area (Å²) in [4.78, 5) is 0. The molecule has 0 aliphatic heterocycles. The molecule has 0 bridgehead atoms. The monoisotopic (exact) mass is 216 g/mol. The molecule has 0 aromatic carbocycles. The summed E-state index contributed by atoms with van der Waals surface area (Å²) >= 11 is 0. The Hall–Kier alpha value is -0.780. The van der Waals surface area contributed by atoms with E-state index < -0.39 is 0 Å². The summed E-state index contributed by atoms with van der Waals surface area (Å²) < 4.78 is 0. The third kappa shape index (κ3) is 2.31. The Balaban J connectivity index is 2.20. The van der Waals surface area contributed by atoms with E-state index in [2.05, 4.69) is 52.5 Å². The number of rotatable bonds is 1. The quantitative estimate of drug-likeness (QED) is 0.585. The van der Waals surface area contributed by atoms with Gasteiger partial charge in [0, 0.05) is 0 Å². The van der Waals surface area contributed by atoms with Gasteiger partial charge >= 0.3 is 0 Å². The molecule has 0 heteroatoms. The molecular formula is C16H24. The smallest absolute Gasteiger partial charge is 0.0146 e. The van der Waals surface area contributed by atoms with Crippen molar-refractivity contribution >= 4 is 0 Å². The molecule has 2 rings (SSSR count). The Bertz CT molecular complexity index is 347. The van der Waals surface area contributed by atoms with Crippen LogP contribution in [0, 0.1) is 16.7 Å². The van der Waals surface area contributed by atoms with Crippen LogP contribution in [0.5, 0.6) is 0 Å². The lowest BCUT2D eigenvalue weighted by Gasteiger charge is -2.45. The third-order valence-corrected chi connectivity index (χ3v) is 3.94. The van der Waals surface area contributed by atoms with Gasteiger partial charge in [0.2, 0.25) is 0 Å². The topological polar surface area (TPSA) is 0 Å². The minimum Gasteiger partial charge on any atom is -0.0915 e. The molecular weight excluding hydrogens is 192 g/mol. The van der Waals surface area contributed by atoms with E-state index in [4.69, 9.17) is 0 Å². The molecule has 88 valence electrons. The molecule has 0 aromatic heterocycles. The van der Waals surface area contributed by atoms with Gasteiger partial charge in [-0.3, -0.25) is 0 Å². The Labute approximate surface area is 100 Å². The highest BCUT2D eigenvalue weighted by Gasteiger charge is 2.39. The van der Waals surface area contributed by atoms with E-state index in [0.29, 0.717) is 16.7 Å². The second-order valence-electron chi connectivity index (χ2n) is 7.12. The van der Waals surface area contributed by atoms with Gasteiger partial charge in [-0.05, 0) is 47.2 Å². The summed E-state index contributed by atoms with van der Waals surface area (Å²) in [5, 5.41) is 0. The Morgan fingerprint density at radius 1 is 1.12 bits per heavy atom. The van der Waals surface area contributed by atoms with Gasteiger partial charge in [-0.25, -0.2) is 0 Å². The van der Waals surface area contributed by atoms with Crippen molar-refractivity contribution < 1.29 is 0 Å². The molecule has 0 radical (unpaired) electrons. The molecule has 1 fully saturated rings. The van der Waals surface area contributed by atoms with E-state index in [0.717, 1.165) is 0 Å². The molecule has 0 nitrogen and oxygen atoms in total. The highest BCUT2D eigenvalue weighted by molar-refractivity contribution is 5.48. The lowest BCUT2D eigenvalue weighted by molar-refractivity contribution is 0.0829. The molecule has 2 aliphatic rings. The van der Waals surface area contributed by atoms with Crippen molar-refractivity contribution in [1.82, 2.24) is 0 Å². The van der Waals surface area contributed by atoms with E-state index in [1.807, 2.05) is 0 Å². The Morgan fingerprint density at radius 3 is 2.12 bits per heavy atom. The van der Waals surface area contributed by atoms with E-state index in [9.17, 15) is 0 Å². The molecule has 0 aromatic rings. The molecule has 0 amide bonds. The van der Waals surface area contributed by atoms with Crippen LogP contribution in [-0.2, 0) is 0 Å². The maximum atomic E-state index is 4.15. The van der Waals surface area contributed by atoms with Gasteiger partial charge in [-0.15, -0.1) is 0 Å². The molecule has 0 spiro atoms. The number of hydrogen-bond donors (Lipinski definition) is 0. The second-order valence-corrected chi connectivity index (χ2v) is 7.12.